The number of hydrogen-bond donors (Lipinski definition) is 2. The van der Waals surface area contributed by atoms with E-state index in [4.69, 9.17) is 0 Å². The Labute approximate surface area is 146 Å². The second kappa shape index (κ2) is 8.41. The maximum atomic E-state index is 12.5. The van der Waals surface area contributed by atoms with Gasteiger partial charge in [0.2, 0.25) is 5.91 Å². The summed E-state index contributed by atoms with van der Waals surface area (Å²) >= 11 is 0. The molecule has 0 bridgehead atoms. The van der Waals surface area contributed by atoms with Crippen LogP contribution in [0.15, 0.2) is 29.1 Å². The van der Waals surface area contributed by atoms with Crippen LogP contribution in [0.5, 0.6) is 0 Å². The van der Waals surface area contributed by atoms with Gasteiger partial charge in [-0.3, -0.25) is 25.2 Å². The highest BCUT2D eigenvalue weighted by Gasteiger charge is 2.19. The Morgan fingerprint density at radius 2 is 1.72 bits per heavy atom. The number of nitrogens with one attached hydrogen (secondary N) is 2. The van der Waals surface area contributed by atoms with Crippen molar-refractivity contribution in [2.24, 2.45) is 5.92 Å². The lowest BCUT2D eigenvalue weighted by molar-refractivity contribution is -0.126. The number of benzene rings is 1. The Morgan fingerprint density at radius 1 is 1.08 bits per heavy atom. The number of nitrogens with zero attached hydrogens (tertiary/aromatic N) is 2. The minimum Gasteiger partial charge on any atom is -0.273 e. The predicted molar refractivity (Wildman–Crippen MR) is 96.0 cm³/mol. The molecule has 134 valence electrons. The van der Waals surface area contributed by atoms with Crippen LogP contribution in [0.1, 0.15) is 50.5 Å². The molecule has 0 spiro atoms. The van der Waals surface area contributed by atoms with Crippen LogP contribution >= 0.6 is 0 Å². The molecule has 0 unspecified atom stereocenters. The minimum atomic E-state index is -0.541. The van der Waals surface area contributed by atoms with E-state index in [2.05, 4.69) is 16.0 Å². The molecule has 0 aliphatic rings. The van der Waals surface area contributed by atoms with E-state index < -0.39 is 5.91 Å². The van der Waals surface area contributed by atoms with E-state index in [9.17, 15) is 14.4 Å². The first kappa shape index (κ1) is 18.6. The second-order valence-electron chi connectivity index (χ2n) is 5.88. The van der Waals surface area contributed by atoms with Gasteiger partial charge in [-0.05, 0) is 25.3 Å². The lowest BCUT2D eigenvalue weighted by Gasteiger charge is -2.14. The highest BCUT2D eigenvalue weighted by molar-refractivity contribution is 6.05. The number of fused-ring (bicyclic) bond motifs is 1. The van der Waals surface area contributed by atoms with Crippen LogP contribution in [0.2, 0.25) is 0 Å². The smallest absolute Gasteiger partial charge is 0.273 e. The van der Waals surface area contributed by atoms with Gasteiger partial charge in [-0.25, -0.2) is 4.68 Å². The van der Waals surface area contributed by atoms with Crippen LogP contribution in [-0.4, -0.2) is 21.6 Å². The fraction of sp³-hybridized carbons (Fsp3) is 0.444. The minimum absolute atomic E-state index is 0.119. The fourth-order valence-corrected chi connectivity index (χ4v) is 2.71. The highest BCUT2D eigenvalue weighted by Crippen LogP contribution is 2.13. The Bertz CT molecular complexity index is 825. The molecular weight excluding hydrogens is 320 g/mol. The normalized spacial score (nSPS) is 10.9. The van der Waals surface area contributed by atoms with Gasteiger partial charge in [-0.15, -0.1) is 0 Å². The maximum absolute atomic E-state index is 12.5. The van der Waals surface area contributed by atoms with Crippen LogP contribution in [0.3, 0.4) is 0 Å². The summed E-state index contributed by atoms with van der Waals surface area (Å²) in [4.78, 5) is 37.0. The number of hydrogen-bond acceptors (Lipinski definition) is 4. The summed E-state index contributed by atoms with van der Waals surface area (Å²) < 4.78 is 1.29. The topological polar surface area (TPSA) is 93.1 Å². The van der Waals surface area contributed by atoms with E-state index in [1.54, 1.807) is 24.3 Å². The number of rotatable bonds is 6. The molecule has 0 saturated heterocycles. The van der Waals surface area contributed by atoms with Gasteiger partial charge in [0, 0.05) is 17.8 Å². The van der Waals surface area contributed by atoms with Crippen LogP contribution in [0.25, 0.3) is 10.8 Å². The third kappa shape index (κ3) is 4.04. The van der Waals surface area contributed by atoms with E-state index >= 15 is 0 Å². The van der Waals surface area contributed by atoms with Crippen molar-refractivity contribution in [1.82, 2.24) is 20.6 Å². The molecule has 0 radical (unpaired) electrons. The summed E-state index contributed by atoms with van der Waals surface area (Å²) in [5.41, 5.74) is 4.75. The molecule has 1 aromatic heterocycles. The molecule has 2 aromatic rings. The molecule has 2 N–H and O–H groups in total. The molecule has 2 rings (SSSR count). The van der Waals surface area contributed by atoms with Crippen molar-refractivity contribution in [3.8, 4) is 0 Å². The van der Waals surface area contributed by atoms with Gasteiger partial charge in [0.15, 0.2) is 5.69 Å². The molecule has 25 heavy (non-hydrogen) atoms. The molecular formula is C18H24N4O3. The van der Waals surface area contributed by atoms with Gasteiger partial charge in [-0.2, -0.15) is 5.10 Å². The van der Waals surface area contributed by atoms with Crippen LogP contribution in [-0.2, 0) is 11.3 Å². The lowest BCUT2D eigenvalue weighted by atomic mass is 10.0. The molecule has 0 fully saturated rings. The number of carbonyl (C=O) groups excluding carboxylic acids is 2. The van der Waals surface area contributed by atoms with E-state index in [1.807, 2.05) is 20.8 Å². The summed E-state index contributed by atoms with van der Waals surface area (Å²) in [5, 5.41) is 5.09. The third-order valence-corrected chi connectivity index (χ3v) is 4.17. The van der Waals surface area contributed by atoms with Crippen LogP contribution < -0.4 is 16.4 Å². The van der Waals surface area contributed by atoms with Crippen molar-refractivity contribution < 1.29 is 9.59 Å². The Morgan fingerprint density at radius 3 is 2.32 bits per heavy atom. The van der Waals surface area contributed by atoms with Gasteiger partial charge in [0.25, 0.3) is 11.5 Å². The van der Waals surface area contributed by atoms with Crippen molar-refractivity contribution in [2.45, 2.75) is 46.6 Å². The summed E-state index contributed by atoms with van der Waals surface area (Å²) in [6.45, 7) is 6.19. The molecule has 1 heterocycles. The van der Waals surface area contributed by atoms with E-state index in [1.165, 1.54) is 4.68 Å². The molecule has 0 saturated carbocycles. The molecule has 0 atom stereocenters. The summed E-state index contributed by atoms with van der Waals surface area (Å²) in [5.74, 6) is -0.927. The molecule has 2 amide bonds. The van der Waals surface area contributed by atoms with Gasteiger partial charge >= 0.3 is 0 Å². The summed E-state index contributed by atoms with van der Waals surface area (Å²) in [7, 11) is 0. The highest BCUT2D eigenvalue weighted by atomic mass is 16.2. The average Bonchev–Trinajstić information content (AvgIpc) is 2.63. The zero-order chi connectivity index (χ0) is 18.4. The molecule has 7 heteroatoms. The van der Waals surface area contributed by atoms with Gasteiger partial charge in [-0.1, -0.05) is 39.0 Å². The van der Waals surface area contributed by atoms with Crippen molar-refractivity contribution >= 4 is 22.6 Å². The van der Waals surface area contributed by atoms with Crippen molar-refractivity contribution in [2.75, 3.05) is 0 Å². The Hall–Kier alpha value is -2.70. The molecule has 7 nitrogen and oxygen atoms in total. The van der Waals surface area contributed by atoms with E-state index in [-0.39, 0.29) is 23.1 Å². The number of amides is 2. The van der Waals surface area contributed by atoms with E-state index in [0.717, 1.165) is 6.42 Å². The van der Waals surface area contributed by atoms with E-state index in [0.29, 0.717) is 30.2 Å². The van der Waals surface area contributed by atoms with Gasteiger partial charge < -0.3 is 0 Å². The van der Waals surface area contributed by atoms with Crippen molar-refractivity contribution in [3.63, 3.8) is 0 Å². The summed E-state index contributed by atoms with van der Waals surface area (Å²) in [6.07, 6.45) is 2.11. The number of carbonyl (C=O) groups is 2. The first-order valence-electron chi connectivity index (χ1n) is 8.63. The Kier molecular flexibility index (Phi) is 6.27. The van der Waals surface area contributed by atoms with Crippen molar-refractivity contribution in [1.29, 1.82) is 0 Å². The van der Waals surface area contributed by atoms with Crippen molar-refractivity contribution in [3.05, 3.63) is 40.3 Å². The largest absolute Gasteiger partial charge is 0.290 e. The third-order valence-electron chi connectivity index (χ3n) is 4.17. The Balaban J connectivity index is 2.33. The fourth-order valence-electron chi connectivity index (χ4n) is 2.71. The number of hydrazine groups is 1. The number of aromatic nitrogens is 2. The van der Waals surface area contributed by atoms with Crippen LogP contribution in [0, 0.1) is 5.92 Å². The SMILES string of the molecule is CCCn1nc(C(=O)NNC(=O)C(CC)CC)c2ccccc2c1=O. The first-order valence-corrected chi connectivity index (χ1v) is 8.63. The van der Waals surface area contributed by atoms with Gasteiger partial charge in [0.05, 0.1) is 5.39 Å². The zero-order valence-corrected chi connectivity index (χ0v) is 14.8. The zero-order valence-electron chi connectivity index (χ0n) is 14.8. The standard InChI is InChI=1S/C18H24N4O3/c1-4-11-22-18(25)14-10-8-7-9-13(14)15(21-22)17(24)20-19-16(23)12(5-2)6-3/h7-10,12H,4-6,11H2,1-3H3,(H,19,23)(H,20,24). The second-order valence-corrected chi connectivity index (χ2v) is 5.88. The molecule has 1 aromatic carbocycles. The van der Waals surface area contributed by atoms with Crippen LogP contribution in [0.4, 0.5) is 0 Å². The maximum Gasteiger partial charge on any atom is 0.290 e. The van der Waals surface area contributed by atoms with Gasteiger partial charge in [0.1, 0.15) is 0 Å². The predicted octanol–water partition coefficient (Wildman–Crippen LogP) is 2.00. The molecule has 0 aliphatic heterocycles. The number of aryl methyl sites for hydroxylation is 1. The molecule has 0 aliphatic carbocycles. The summed E-state index contributed by atoms with van der Waals surface area (Å²) in [6, 6.07) is 6.84. The lowest BCUT2D eigenvalue weighted by Crippen LogP contribution is -2.45. The average molecular weight is 344 g/mol. The first-order chi connectivity index (χ1) is 12.0. The quantitative estimate of drug-likeness (QED) is 0.784. The monoisotopic (exact) mass is 344 g/mol.